The normalized spacial score (nSPS) is 6.67. The molecule has 9 heavy (non-hydrogen) atoms. The van der Waals surface area contributed by atoms with Gasteiger partial charge in [-0.25, -0.2) is 0 Å². The van der Waals surface area contributed by atoms with Gasteiger partial charge in [0, 0.05) is 42.1 Å². The van der Waals surface area contributed by atoms with Gasteiger partial charge in [-0.05, 0) is 0 Å². The van der Waals surface area contributed by atoms with Crippen molar-refractivity contribution in [3.8, 4) is 0 Å². The van der Waals surface area contributed by atoms with Crippen LogP contribution in [0.2, 0.25) is 0 Å². The molecule has 0 aromatic carbocycles. The second kappa shape index (κ2) is 6.38. The summed E-state index contributed by atoms with van der Waals surface area (Å²) in [5.41, 5.74) is 5.11. The Balaban J connectivity index is 0. The summed E-state index contributed by atoms with van der Waals surface area (Å²) in [6.45, 7) is 0. The number of nitrogens with two attached hydrogens (primary N) is 1. The van der Waals surface area contributed by atoms with Gasteiger partial charge in [0.1, 0.15) is 0 Å². The van der Waals surface area contributed by atoms with Crippen molar-refractivity contribution in [1.82, 2.24) is 9.97 Å². The first-order valence-electron chi connectivity index (χ1n) is 1.76. The fourth-order valence-corrected chi connectivity index (χ4v) is 0.246. The zero-order valence-corrected chi connectivity index (χ0v) is 10.2. The van der Waals surface area contributed by atoms with Crippen LogP contribution in [0.3, 0.4) is 0 Å². The minimum Gasteiger partial charge on any atom is -0.671 e. The number of hydrogen-bond acceptors (Lipinski definition) is 3. The number of hydrogen-bond donors (Lipinski definition) is 1. The average molecular weight is 461 g/mol. The molecule has 48 valence electrons. The Labute approximate surface area is 82.0 Å². The molecule has 0 bridgehead atoms. The fraction of sp³-hybridized carbons (Fsp3) is 0. The third-order valence-electron chi connectivity index (χ3n) is 0.496. The van der Waals surface area contributed by atoms with Crippen molar-refractivity contribution in [2.24, 2.45) is 0 Å². The molecule has 0 radical (unpaired) electrons. The van der Waals surface area contributed by atoms with Crippen LogP contribution in [-0.2, 0) is 42.1 Å². The molecule has 1 rings (SSSR count). The van der Waals surface area contributed by atoms with Gasteiger partial charge < -0.3 is 28.1 Å². The summed E-state index contributed by atoms with van der Waals surface area (Å²) in [5, 5.41) is 0. The molecular formula is C4H3N3W2-2. The van der Waals surface area contributed by atoms with E-state index in [1.807, 2.05) is 0 Å². The van der Waals surface area contributed by atoms with Crippen molar-refractivity contribution in [1.29, 1.82) is 0 Å². The van der Waals surface area contributed by atoms with Gasteiger partial charge in [0.2, 0.25) is 0 Å². The maximum atomic E-state index is 5.11. The van der Waals surface area contributed by atoms with Crippen LogP contribution >= 0.6 is 0 Å². The predicted molar refractivity (Wildman–Crippen MR) is 24.1 cm³/mol. The van der Waals surface area contributed by atoms with E-state index < -0.39 is 0 Å². The Hall–Kier alpha value is 0.257. The molecule has 0 atom stereocenters. The summed E-state index contributed by atoms with van der Waals surface area (Å²) in [4.78, 5) is 7.03. The molecule has 3 nitrogen and oxygen atoms in total. The fourth-order valence-electron chi connectivity index (χ4n) is 0.246. The summed E-state index contributed by atoms with van der Waals surface area (Å²) in [6, 6.07) is 0. The van der Waals surface area contributed by atoms with E-state index in [9.17, 15) is 0 Å². The van der Waals surface area contributed by atoms with Crippen LogP contribution in [-0.4, -0.2) is 9.97 Å². The van der Waals surface area contributed by atoms with E-state index in [1.54, 1.807) is 0 Å². The van der Waals surface area contributed by atoms with E-state index in [-0.39, 0.29) is 42.1 Å². The van der Waals surface area contributed by atoms with Gasteiger partial charge in [-0.15, -0.1) is 6.20 Å². The topological polar surface area (TPSA) is 51.8 Å². The van der Waals surface area contributed by atoms with Crippen LogP contribution in [0.4, 0.5) is 5.82 Å². The van der Waals surface area contributed by atoms with E-state index in [0.717, 1.165) is 0 Å². The third kappa shape index (κ3) is 4.74. The van der Waals surface area contributed by atoms with Crippen LogP contribution < -0.4 is 5.73 Å². The third-order valence-corrected chi connectivity index (χ3v) is 0.496. The van der Waals surface area contributed by atoms with Crippen LogP contribution in [0, 0.1) is 12.4 Å². The second-order valence-corrected chi connectivity index (χ2v) is 0.996. The molecule has 0 spiro atoms. The number of nitrogens with zero attached hydrogens (tertiary/aromatic N) is 2. The van der Waals surface area contributed by atoms with Crippen molar-refractivity contribution in [2.45, 2.75) is 0 Å². The standard InChI is InChI=1S/C4H3N3.2W/c5-4-3-6-1-2-7-4;;/h2H,(H2,5,7);;/q-2;;. The number of nitrogen functional groups attached to an aromatic ring is 1. The molecule has 0 saturated carbocycles. The molecular weight excluding hydrogens is 458 g/mol. The van der Waals surface area contributed by atoms with E-state index in [1.165, 1.54) is 6.20 Å². The van der Waals surface area contributed by atoms with Crippen molar-refractivity contribution in [3.05, 3.63) is 18.6 Å². The quantitative estimate of drug-likeness (QED) is 0.539. The molecule has 0 unspecified atom stereocenters. The first-order chi connectivity index (χ1) is 3.39. The Morgan fingerprint density at radius 2 is 2.11 bits per heavy atom. The Morgan fingerprint density at radius 1 is 1.44 bits per heavy atom. The summed E-state index contributed by atoms with van der Waals surface area (Å²) in [7, 11) is 0. The van der Waals surface area contributed by atoms with E-state index >= 15 is 0 Å². The van der Waals surface area contributed by atoms with Gasteiger partial charge in [0.25, 0.3) is 0 Å². The molecule has 0 fully saturated rings. The molecule has 1 aromatic rings. The first kappa shape index (κ1) is 12.0. The monoisotopic (exact) mass is 461 g/mol. The number of anilines is 1. The molecule has 0 aliphatic rings. The summed E-state index contributed by atoms with van der Waals surface area (Å²) < 4.78 is 0. The molecule has 0 amide bonds. The van der Waals surface area contributed by atoms with Gasteiger partial charge in [0.05, 0.1) is 0 Å². The van der Waals surface area contributed by atoms with Gasteiger partial charge in [-0.1, -0.05) is 5.82 Å². The molecule has 0 aliphatic carbocycles. The minimum atomic E-state index is 0. The van der Waals surface area contributed by atoms with Crippen molar-refractivity contribution < 1.29 is 42.1 Å². The number of rotatable bonds is 0. The molecule has 5 heteroatoms. The minimum absolute atomic E-state index is 0. The Morgan fingerprint density at radius 3 is 2.33 bits per heavy atom. The second-order valence-electron chi connectivity index (χ2n) is 0.996. The molecule has 2 N–H and O–H groups in total. The average Bonchev–Trinajstić information content (AvgIpc) is 1.69. The molecule has 0 saturated heterocycles. The molecule has 0 aliphatic heterocycles. The predicted octanol–water partition coefficient (Wildman–Crippen LogP) is -0.346. The zero-order chi connectivity index (χ0) is 5.11. The Kier molecular flexibility index (Phi) is 8.49. The van der Waals surface area contributed by atoms with Gasteiger partial charge in [-0.3, -0.25) is 0 Å². The number of aromatic nitrogens is 2. The van der Waals surface area contributed by atoms with Crippen LogP contribution in [0.25, 0.3) is 0 Å². The Bertz CT molecular complexity index is 144. The van der Waals surface area contributed by atoms with Gasteiger partial charge in [-0.2, -0.15) is 0 Å². The van der Waals surface area contributed by atoms with E-state index in [0.29, 0.717) is 5.82 Å². The van der Waals surface area contributed by atoms with Crippen molar-refractivity contribution in [3.63, 3.8) is 0 Å². The molecule has 1 heterocycles. The van der Waals surface area contributed by atoms with E-state index in [4.69, 9.17) is 5.73 Å². The summed E-state index contributed by atoms with van der Waals surface area (Å²) >= 11 is 0. The summed E-state index contributed by atoms with van der Waals surface area (Å²) in [6.07, 6.45) is 6.22. The van der Waals surface area contributed by atoms with Gasteiger partial charge in [0.15, 0.2) is 0 Å². The first-order valence-corrected chi connectivity index (χ1v) is 1.76. The van der Waals surface area contributed by atoms with Gasteiger partial charge >= 0.3 is 0 Å². The zero-order valence-electron chi connectivity index (χ0n) is 4.37. The van der Waals surface area contributed by atoms with Crippen molar-refractivity contribution in [2.75, 3.05) is 5.73 Å². The van der Waals surface area contributed by atoms with Crippen LogP contribution in [0.1, 0.15) is 0 Å². The maximum absolute atomic E-state index is 5.11. The largest absolute Gasteiger partial charge is 0.671 e. The van der Waals surface area contributed by atoms with E-state index in [2.05, 4.69) is 22.4 Å². The van der Waals surface area contributed by atoms with Crippen molar-refractivity contribution >= 4 is 5.82 Å². The summed E-state index contributed by atoms with van der Waals surface area (Å²) in [5.74, 6) is 0.304. The van der Waals surface area contributed by atoms with Crippen LogP contribution in [0.5, 0.6) is 0 Å². The van der Waals surface area contributed by atoms with Crippen LogP contribution in [0.15, 0.2) is 6.20 Å². The molecule has 1 aromatic heterocycles. The smallest absolute Gasteiger partial charge is 0 e. The maximum Gasteiger partial charge on any atom is 0 e. The SMILES string of the molecule is Nc1[c-]n[c-]cn1.[W].[W].